The zero-order chi connectivity index (χ0) is 16.5. The van der Waals surface area contributed by atoms with Crippen LogP contribution in [0.4, 0.5) is 0 Å². The molecule has 0 radical (unpaired) electrons. The van der Waals surface area contributed by atoms with E-state index in [1.807, 2.05) is 4.90 Å². The quantitative estimate of drug-likeness (QED) is 0.850. The molecule has 9 heteroatoms. The van der Waals surface area contributed by atoms with E-state index in [4.69, 9.17) is 4.52 Å². The first kappa shape index (κ1) is 15.3. The molecule has 2 aromatic rings. The third kappa shape index (κ3) is 3.16. The predicted molar refractivity (Wildman–Crippen MR) is 84.0 cm³/mol. The number of carbonyl (C=O) groups excluding carboxylic acids is 2. The Morgan fingerprint density at radius 2 is 2.29 bits per heavy atom. The molecule has 8 nitrogen and oxygen atoms in total. The van der Waals surface area contributed by atoms with Gasteiger partial charge in [0.2, 0.25) is 11.8 Å². The first-order valence-corrected chi connectivity index (χ1v) is 8.88. The fourth-order valence-electron chi connectivity index (χ4n) is 2.84. The van der Waals surface area contributed by atoms with Gasteiger partial charge in [-0.15, -0.1) is 11.3 Å². The summed E-state index contributed by atoms with van der Waals surface area (Å²) < 4.78 is 5.33. The zero-order valence-corrected chi connectivity index (χ0v) is 13.8. The molecule has 24 heavy (non-hydrogen) atoms. The van der Waals surface area contributed by atoms with Crippen molar-refractivity contribution in [3.63, 3.8) is 0 Å². The monoisotopic (exact) mass is 347 g/mol. The van der Waals surface area contributed by atoms with Crippen LogP contribution in [0.15, 0.2) is 16.1 Å². The average molecular weight is 347 g/mol. The van der Waals surface area contributed by atoms with Crippen molar-refractivity contribution in [2.75, 3.05) is 6.54 Å². The minimum atomic E-state index is -0.261. The highest BCUT2D eigenvalue weighted by atomic mass is 32.1. The van der Waals surface area contributed by atoms with Crippen molar-refractivity contribution in [1.82, 2.24) is 25.3 Å². The Kier molecular flexibility index (Phi) is 4.01. The highest BCUT2D eigenvalue weighted by Crippen LogP contribution is 2.37. The van der Waals surface area contributed by atoms with Crippen LogP contribution in [0, 0.1) is 5.92 Å². The van der Waals surface area contributed by atoms with Gasteiger partial charge in [-0.1, -0.05) is 5.16 Å². The maximum atomic E-state index is 12.0. The molecule has 1 saturated heterocycles. The van der Waals surface area contributed by atoms with Crippen molar-refractivity contribution in [2.24, 2.45) is 5.92 Å². The number of nitrogens with zero attached hydrogens (tertiary/aromatic N) is 4. The van der Waals surface area contributed by atoms with Crippen LogP contribution in [0.25, 0.3) is 0 Å². The van der Waals surface area contributed by atoms with Crippen molar-refractivity contribution >= 4 is 23.2 Å². The van der Waals surface area contributed by atoms with Crippen LogP contribution in [0.5, 0.6) is 0 Å². The molecule has 2 aromatic heterocycles. The Morgan fingerprint density at radius 3 is 3.04 bits per heavy atom. The number of amides is 2. The molecule has 0 spiro atoms. The number of rotatable bonds is 6. The van der Waals surface area contributed by atoms with Gasteiger partial charge in [0, 0.05) is 24.5 Å². The Morgan fingerprint density at radius 1 is 1.42 bits per heavy atom. The number of hydrogen-bond acceptors (Lipinski definition) is 7. The van der Waals surface area contributed by atoms with Crippen LogP contribution in [-0.4, -0.2) is 38.4 Å². The second kappa shape index (κ2) is 6.31. The number of thiazole rings is 1. The summed E-state index contributed by atoms with van der Waals surface area (Å²) in [5, 5.41) is 8.77. The van der Waals surface area contributed by atoms with E-state index in [2.05, 4.69) is 20.4 Å². The van der Waals surface area contributed by atoms with E-state index in [0.717, 1.165) is 6.54 Å². The van der Waals surface area contributed by atoms with Crippen LogP contribution in [0.1, 0.15) is 53.2 Å². The lowest BCUT2D eigenvalue weighted by Gasteiger charge is -2.21. The summed E-state index contributed by atoms with van der Waals surface area (Å²) in [7, 11) is 0. The summed E-state index contributed by atoms with van der Waals surface area (Å²) >= 11 is 1.27. The molecule has 1 N–H and O–H groups in total. The Balaban J connectivity index is 1.38. The first-order chi connectivity index (χ1) is 11.7. The van der Waals surface area contributed by atoms with Gasteiger partial charge in [0.25, 0.3) is 5.91 Å². The Bertz CT molecular complexity index is 740. The molecule has 2 fully saturated rings. The fraction of sp³-hybridized carbons (Fsp3) is 0.533. The van der Waals surface area contributed by atoms with Crippen LogP contribution in [-0.2, 0) is 11.3 Å². The maximum Gasteiger partial charge on any atom is 0.280 e. The number of likely N-dealkylation sites (tertiary alicyclic amines) is 1. The summed E-state index contributed by atoms with van der Waals surface area (Å²) in [6.07, 6.45) is 5.19. The van der Waals surface area contributed by atoms with Gasteiger partial charge in [-0.3, -0.25) is 9.59 Å². The van der Waals surface area contributed by atoms with Crippen molar-refractivity contribution in [3.8, 4) is 0 Å². The molecule has 126 valence electrons. The standard InChI is InChI=1S/C15H17N5O3S/c21-12-4-3-10(20(12)8-9-1-2-9)14-18-11(19-23-14)7-17-13(22)15-16-5-6-24-15/h5-6,9-10H,1-4,7-8H2,(H,17,22)/t10-/m0/s1. The molecular weight excluding hydrogens is 330 g/mol. The second-order valence-corrected chi connectivity index (χ2v) is 7.01. The lowest BCUT2D eigenvalue weighted by molar-refractivity contribution is -0.129. The van der Waals surface area contributed by atoms with Gasteiger partial charge in [0.1, 0.15) is 6.04 Å². The van der Waals surface area contributed by atoms with Crippen molar-refractivity contribution < 1.29 is 14.1 Å². The predicted octanol–water partition coefficient (Wildman–Crippen LogP) is 1.53. The fourth-order valence-corrected chi connectivity index (χ4v) is 3.39. The van der Waals surface area contributed by atoms with Crippen LogP contribution in [0.3, 0.4) is 0 Å². The molecule has 1 aliphatic carbocycles. The van der Waals surface area contributed by atoms with E-state index in [1.165, 1.54) is 24.2 Å². The summed E-state index contributed by atoms with van der Waals surface area (Å²) in [5.41, 5.74) is 0. The smallest absolute Gasteiger partial charge is 0.280 e. The molecule has 4 rings (SSSR count). The number of carbonyl (C=O) groups is 2. The van der Waals surface area contributed by atoms with E-state index < -0.39 is 0 Å². The van der Waals surface area contributed by atoms with E-state index in [-0.39, 0.29) is 24.4 Å². The molecule has 0 bridgehead atoms. The molecule has 0 aromatic carbocycles. The molecule has 3 heterocycles. The Hall–Kier alpha value is -2.29. The van der Waals surface area contributed by atoms with Gasteiger partial charge in [0.15, 0.2) is 10.8 Å². The van der Waals surface area contributed by atoms with E-state index >= 15 is 0 Å². The van der Waals surface area contributed by atoms with Crippen molar-refractivity contribution in [2.45, 2.75) is 38.3 Å². The van der Waals surface area contributed by atoms with Gasteiger partial charge in [-0.05, 0) is 25.2 Å². The van der Waals surface area contributed by atoms with Crippen molar-refractivity contribution in [1.29, 1.82) is 0 Å². The van der Waals surface area contributed by atoms with Crippen LogP contribution < -0.4 is 5.32 Å². The van der Waals surface area contributed by atoms with Gasteiger partial charge < -0.3 is 14.7 Å². The summed E-state index contributed by atoms with van der Waals surface area (Å²) in [4.78, 5) is 34.1. The number of aromatic nitrogens is 3. The van der Waals surface area contributed by atoms with E-state index in [0.29, 0.717) is 35.5 Å². The molecule has 1 atom stereocenters. The average Bonchev–Trinajstić information content (AvgIpc) is 2.97. The minimum Gasteiger partial charge on any atom is -0.343 e. The third-order valence-corrected chi connectivity index (χ3v) is 5.05. The molecule has 1 aliphatic heterocycles. The van der Waals surface area contributed by atoms with Crippen molar-refractivity contribution in [3.05, 3.63) is 28.3 Å². The van der Waals surface area contributed by atoms with Crippen LogP contribution in [0.2, 0.25) is 0 Å². The van der Waals surface area contributed by atoms with Gasteiger partial charge >= 0.3 is 0 Å². The third-order valence-electron chi connectivity index (χ3n) is 4.28. The molecule has 2 amide bonds. The summed E-state index contributed by atoms with van der Waals surface area (Å²) in [6, 6.07) is -0.131. The molecule has 1 saturated carbocycles. The van der Waals surface area contributed by atoms with Gasteiger partial charge in [0.05, 0.1) is 6.54 Å². The van der Waals surface area contributed by atoms with Crippen LogP contribution >= 0.6 is 11.3 Å². The topological polar surface area (TPSA) is 101 Å². The van der Waals surface area contributed by atoms with E-state index in [9.17, 15) is 9.59 Å². The normalized spacial score (nSPS) is 20.6. The summed E-state index contributed by atoms with van der Waals surface area (Å²) in [6.45, 7) is 0.952. The highest BCUT2D eigenvalue weighted by Gasteiger charge is 2.38. The van der Waals surface area contributed by atoms with Gasteiger partial charge in [-0.25, -0.2) is 4.98 Å². The first-order valence-electron chi connectivity index (χ1n) is 8.00. The van der Waals surface area contributed by atoms with E-state index in [1.54, 1.807) is 11.6 Å². The van der Waals surface area contributed by atoms with Gasteiger partial charge in [-0.2, -0.15) is 4.98 Å². The minimum absolute atomic E-state index is 0.131. The molecular formula is C15H17N5O3S. The number of nitrogens with one attached hydrogen (secondary N) is 1. The lowest BCUT2D eigenvalue weighted by atomic mass is 10.2. The largest absolute Gasteiger partial charge is 0.343 e. The number of hydrogen-bond donors (Lipinski definition) is 1. The maximum absolute atomic E-state index is 12.0. The molecule has 0 unspecified atom stereocenters. The second-order valence-electron chi connectivity index (χ2n) is 6.11. The SMILES string of the molecule is O=C(NCc1noc([C@@H]2CCC(=O)N2CC2CC2)n1)c1nccs1. The summed E-state index contributed by atoms with van der Waals surface area (Å²) in [5.74, 6) is 1.38. The zero-order valence-electron chi connectivity index (χ0n) is 13.0. The Labute approximate surface area is 142 Å². The molecule has 2 aliphatic rings. The highest BCUT2D eigenvalue weighted by molar-refractivity contribution is 7.11. The lowest BCUT2D eigenvalue weighted by Crippen LogP contribution is -2.30.